The number of carbonyl (C=O) groups is 1. The summed E-state index contributed by atoms with van der Waals surface area (Å²) in [6, 6.07) is 1.44. The average molecular weight is 299 g/mol. The van der Waals surface area contributed by atoms with Crippen LogP contribution in [0.15, 0.2) is 6.07 Å². The molecule has 1 fully saturated rings. The molecule has 2 atom stereocenters. The molecule has 2 unspecified atom stereocenters. The van der Waals surface area contributed by atoms with Crippen LogP contribution in [-0.4, -0.2) is 35.1 Å². The minimum Gasteiger partial charge on any atom is -0.388 e. The number of nitrogens with one attached hydrogen (secondary N) is 1. The van der Waals surface area contributed by atoms with Crippen molar-refractivity contribution in [3.05, 3.63) is 21.1 Å². The van der Waals surface area contributed by atoms with Crippen LogP contribution < -0.4 is 10.2 Å². The smallest absolute Gasteiger partial charge is 0.304 e. The molecule has 0 aliphatic carbocycles. The van der Waals surface area contributed by atoms with E-state index < -0.39 is 11.0 Å². The second-order valence-electron chi connectivity index (χ2n) is 4.90. The van der Waals surface area contributed by atoms with E-state index >= 15 is 0 Å². The zero-order chi connectivity index (χ0) is 14.9. The lowest BCUT2D eigenvalue weighted by molar-refractivity contribution is -0.383. The molecule has 0 spiro atoms. The number of nitrogens with zero attached hydrogens (tertiary/aromatic N) is 2. The van der Waals surface area contributed by atoms with Gasteiger partial charge >= 0.3 is 5.69 Å². The number of aliphatic hydroxyl groups excluding tert-OH is 1. The molecule has 0 bridgehead atoms. The van der Waals surface area contributed by atoms with Crippen molar-refractivity contribution in [2.45, 2.75) is 32.4 Å². The predicted molar refractivity (Wildman–Crippen MR) is 76.0 cm³/mol. The average Bonchev–Trinajstić information content (AvgIpc) is 2.93. The summed E-state index contributed by atoms with van der Waals surface area (Å²) in [6.07, 6.45) is 0.0414. The molecule has 0 saturated carbocycles. The Morgan fingerprint density at radius 1 is 1.70 bits per heavy atom. The highest BCUT2D eigenvalue weighted by Gasteiger charge is 2.31. The molecular weight excluding hydrogens is 282 g/mol. The van der Waals surface area contributed by atoms with Crippen molar-refractivity contribution in [2.24, 2.45) is 0 Å². The SMILES string of the molecule is CC(=O)NC1CCN(c2sc(C(C)O)cc2[N+](=O)[O-])C1. The van der Waals surface area contributed by atoms with E-state index in [0.717, 1.165) is 6.42 Å². The molecule has 2 N–H and O–H groups in total. The minimum atomic E-state index is -0.721. The van der Waals surface area contributed by atoms with Crippen LogP contribution in [0.5, 0.6) is 0 Å². The van der Waals surface area contributed by atoms with Gasteiger partial charge in [0.2, 0.25) is 5.91 Å². The third-order valence-electron chi connectivity index (χ3n) is 3.20. The van der Waals surface area contributed by atoms with Crippen molar-refractivity contribution in [3.8, 4) is 0 Å². The van der Waals surface area contributed by atoms with Crippen LogP contribution in [-0.2, 0) is 4.79 Å². The van der Waals surface area contributed by atoms with E-state index in [2.05, 4.69) is 5.32 Å². The molecule has 1 amide bonds. The number of hydrogen-bond donors (Lipinski definition) is 2. The van der Waals surface area contributed by atoms with Crippen LogP contribution >= 0.6 is 11.3 Å². The summed E-state index contributed by atoms with van der Waals surface area (Å²) in [5.74, 6) is -0.0952. The Hall–Kier alpha value is -1.67. The van der Waals surface area contributed by atoms with Gasteiger partial charge in [-0.25, -0.2) is 0 Å². The minimum absolute atomic E-state index is 0.0178. The van der Waals surface area contributed by atoms with Crippen LogP contribution in [0.3, 0.4) is 0 Å². The number of anilines is 1. The lowest BCUT2D eigenvalue weighted by Crippen LogP contribution is -2.35. The van der Waals surface area contributed by atoms with Crippen LogP contribution in [0.2, 0.25) is 0 Å². The standard InChI is InChI=1S/C12H17N3O4S/c1-7(16)11-5-10(15(18)19)12(20-11)14-4-3-9(6-14)13-8(2)17/h5,7,9,16H,3-4,6H2,1-2H3,(H,13,17). The van der Waals surface area contributed by atoms with E-state index in [-0.39, 0.29) is 17.6 Å². The highest BCUT2D eigenvalue weighted by atomic mass is 32.1. The third kappa shape index (κ3) is 3.07. The first-order chi connectivity index (χ1) is 9.38. The van der Waals surface area contributed by atoms with Gasteiger partial charge < -0.3 is 15.3 Å². The van der Waals surface area contributed by atoms with Gasteiger partial charge in [0.1, 0.15) is 0 Å². The van der Waals surface area contributed by atoms with E-state index in [1.807, 2.05) is 4.90 Å². The molecule has 7 nitrogen and oxygen atoms in total. The van der Waals surface area contributed by atoms with Crippen molar-refractivity contribution in [1.82, 2.24) is 5.32 Å². The summed E-state index contributed by atoms with van der Waals surface area (Å²) in [5, 5.41) is 24.1. The number of amides is 1. The molecule has 8 heteroatoms. The van der Waals surface area contributed by atoms with Crippen LogP contribution in [0.25, 0.3) is 0 Å². The van der Waals surface area contributed by atoms with E-state index in [1.54, 1.807) is 6.92 Å². The monoisotopic (exact) mass is 299 g/mol. The maximum absolute atomic E-state index is 11.1. The Kier molecular flexibility index (Phi) is 4.24. The Labute approximate surface area is 120 Å². The van der Waals surface area contributed by atoms with Crippen molar-refractivity contribution in [3.63, 3.8) is 0 Å². The van der Waals surface area contributed by atoms with E-state index in [9.17, 15) is 20.0 Å². The zero-order valence-corrected chi connectivity index (χ0v) is 12.1. The van der Waals surface area contributed by atoms with Gasteiger partial charge in [-0.3, -0.25) is 14.9 Å². The zero-order valence-electron chi connectivity index (χ0n) is 11.3. The quantitative estimate of drug-likeness (QED) is 0.647. The van der Waals surface area contributed by atoms with Gasteiger partial charge in [-0.05, 0) is 13.3 Å². The fourth-order valence-electron chi connectivity index (χ4n) is 2.30. The Morgan fingerprint density at radius 2 is 2.40 bits per heavy atom. The number of carbonyl (C=O) groups excluding carboxylic acids is 1. The van der Waals surface area contributed by atoms with Crippen LogP contribution in [0.4, 0.5) is 10.7 Å². The van der Waals surface area contributed by atoms with E-state index in [1.165, 1.54) is 24.3 Å². The van der Waals surface area contributed by atoms with Crippen molar-refractivity contribution in [2.75, 3.05) is 18.0 Å². The van der Waals surface area contributed by atoms with Crippen LogP contribution in [0, 0.1) is 10.1 Å². The number of nitro groups is 1. The summed E-state index contributed by atoms with van der Waals surface area (Å²) in [6.45, 7) is 4.26. The van der Waals surface area contributed by atoms with Crippen LogP contribution in [0.1, 0.15) is 31.2 Å². The highest BCUT2D eigenvalue weighted by molar-refractivity contribution is 7.16. The molecule has 2 rings (SSSR count). The molecule has 1 aliphatic rings. The summed E-state index contributed by atoms with van der Waals surface area (Å²) in [5.41, 5.74) is 0.0226. The first-order valence-electron chi connectivity index (χ1n) is 6.36. The maximum atomic E-state index is 11.1. The van der Waals surface area contributed by atoms with Crippen molar-refractivity contribution >= 4 is 27.9 Å². The van der Waals surface area contributed by atoms with Gasteiger partial charge in [-0.2, -0.15) is 0 Å². The fraction of sp³-hybridized carbons (Fsp3) is 0.583. The molecule has 1 aromatic heterocycles. The molecule has 20 heavy (non-hydrogen) atoms. The van der Waals surface area contributed by atoms with Crippen molar-refractivity contribution in [1.29, 1.82) is 0 Å². The summed E-state index contributed by atoms with van der Waals surface area (Å²) >= 11 is 1.24. The Bertz CT molecular complexity index is 529. The van der Waals surface area contributed by atoms with E-state index in [0.29, 0.717) is 23.0 Å². The first-order valence-corrected chi connectivity index (χ1v) is 7.18. The number of hydrogen-bond acceptors (Lipinski definition) is 6. The molecular formula is C12H17N3O4S. The van der Waals surface area contributed by atoms with Gasteiger partial charge in [0, 0.05) is 37.0 Å². The molecule has 0 aromatic carbocycles. The fourth-order valence-corrected chi connectivity index (χ4v) is 3.40. The molecule has 2 heterocycles. The summed E-state index contributed by atoms with van der Waals surface area (Å²) in [7, 11) is 0. The largest absolute Gasteiger partial charge is 0.388 e. The Balaban J connectivity index is 2.20. The highest BCUT2D eigenvalue weighted by Crippen LogP contribution is 2.41. The number of aliphatic hydroxyl groups is 1. The first kappa shape index (κ1) is 14.7. The lowest BCUT2D eigenvalue weighted by Gasteiger charge is -2.16. The van der Waals surface area contributed by atoms with Gasteiger partial charge in [0.05, 0.1) is 11.0 Å². The molecule has 1 saturated heterocycles. The van der Waals surface area contributed by atoms with Gasteiger partial charge in [-0.15, -0.1) is 11.3 Å². The molecule has 1 aliphatic heterocycles. The number of rotatable bonds is 4. The number of thiophene rings is 1. The van der Waals surface area contributed by atoms with Crippen molar-refractivity contribution < 1.29 is 14.8 Å². The predicted octanol–water partition coefficient (Wildman–Crippen LogP) is 1.42. The van der Waals surface area contributed by atoms with Gasteiger partial charge in [0.15, 0.2) is 5.00 Å². The topological polar surface area (TPSA) is 95.7 Å². The lowest BCUT2D eigenvalue weighted by atomic mass is 10.2. The second kappa shape index (κ2) is 5.76. The van der Waals surface area contributed by atoms with Gasteiger partial charge in [0.25, 0.3) is 0 Å². The summed E-state index contributed by atoms with van der Waals surface area (Å²) < 4.78 is 0. The Morgan fingerprint density at radius 3 is 2.95 bits per heavy atom. The maximum Gasteiger partial charge on any atom is 0.304 e. The summed E-state index contributed by atoms with van der Waals surface area (Å²) in [4.78, 5) is 24.2. The molecule has 1 aromatic rings. The third-order valence-corrected chi connectivity index (χ3v) is 4.56. The molecule has 0 radical (unpaired) electrons. The van der Waals surface area contributed by atoms with E-state index in [4.69, 9.17) is 0 Å². The molecule has 110 valence electrons. The normalized spacial score (nSPS) is 19.9. The van der Waals surface area contributed by atoms with Gasteiger partial charge in [-0.1, -0.05) is 0 Å². The second-order valence-corrected chi connectivity index (χ2v) is 5.97.